The van der Waals surface area contributed by atoms with Crippen LogP contribution < -0.4 is 0 Å². The van der Waals surface area contributed by atoms with Gasteiger partial charge in [-0.05, 0) is 87.0 Å². The van der Waals surface area contributed by atoms with E-state index in [0.29, 0.717) is 17.5 Å². The van der Waals surface area contributed by atoms with Gasteiger partial charge in [0.2, 0.25) is 0 Å². The molecule has 0 atom stereocenters. The van der Waals surface area contributed by atoms with Crippen molar-refractivity contribution < 1.29 is 4.42 Å². The molecule has 9 aromatic carbocycles. The Labute approximate surface area is 354 Å². The minimum Gasteiger partial charge on any atom is -0.455 e. The fourth-order valence-corrected chi connectivity index (χ4v) is 8.33. The van der Waals surface area contributed by atoms with Gasteiger partial charge in [-0.1, -0.05) is 182 Å². The van der Waals surface area contributed by atoms with Crippen LogP contribution in [0.2, 0.25) is 0 Å². The fourth-order valence-electron chi connectivity index (χ4n) is 8.33. The minimum absolute atomic E-state index is 0.571. The van der Waals surface area contributed by atoms with Crippen LogP contribution in [-0.4, -0.2) is 15.0 Å². The highest BCUT2D eigenvalue weighted by Crippen LogP contribution is 2.47. The summed E-state index contributed by atoms with van der Waals surface area (Å²) in [6.45, 7) is 0. The predicted octanol–water partition coefficient (Wildman–Crippen LogP) is 15.1. The number of rotatable bonds is 8. The van der Waals surface area contributed by atoms with Crippen LogP contribution in [0, 0.1) is 0 Å². The van der Waals surface area contributed by atoms with E-state index in [0.717, 1.165) is 94.3 Å². The zero-order chi connectivity index (χ0) is 40.5. The third-order valence-corrected chi connectivity index (χ3v) is 11.3. The third-order valence-electron chi connectivity index (χ3n) is 11.3. The van der Waals surface area contributed by atoms with E-state index in [1.54, 1.807) is 0 Å². The van der Waals surface area contributed by atoms with Gasteiger partial charge < -0.3 is 4.42 Å². The van der Waals surface area contributed by atoms with Crippen molar-refractivity contribution in [2.24, 2.45) is 0 Å². The van der Waals surface area contributed by atoms with Gasteiger partial charge in [0.1, 0.15) is 11.2 Å². The number of aromatic nitrogens is 3. The topological polar surface area (TPSA) is 51.8 Å². The van der Waals surface area contributed by atoms with Crippen LogP contribution in [0.25, 0.3) is 112 Å². The van der Waals surface area contributed by atoms with Gasteiger partial charge in [-0.25, -0.2) is 15.0 Å². The van der Waals surface area contributed by atoms with Crippen molar-refractivity contribution in [2.75, 3.05) is 0 Å². The first-order valence-electron chi connectivity index (χ1n) is 20.5. The van der Waals surface area contributed by atoms with E-state index >= 15 is 0 Å². The van der Waals surface area contributed by atoms with Crippen molar-refractivity contribution in [3.05, 3.63) is 224 Å². The lowest BCUT2D eigenvalue weighted by Gasteiger charge is -2.13. The number of furan rings is 1. The molecule has 0 bridgehead atoms. The number of hydrogen-bond donors (Lipinski definition) is 0. The summed E-state index contributed by atoms with van der Waals surface area (Å²) in [4.78, 5) is 15.5. The van der Waals surface area contributed by atoms with Crippen molar-refractivity contribution in [2.45, 2.75) is 0 Å². The molecule has 0 N–H and O–H groups in total. The average molecular weight is 780 g/mol. The average Bonchev–Trinajstić information content (AvgIpc) is 3.74. The normalized spacial score (nSPS) is 11.3. The van der Waals surface area contributed by atoms with Crippen LogP contribution in [-0.2, 0) is 0 Å². The largest absolute Gasteiger partial charge is 0.455 e. The number of hydrogen-bond acceptors (Lipinski definition) is 4. The molecule has 286 valence electrons. The summed E-state index contributed by atoms with van der Waals surface area (Å²) in [7, 11) is 0. The summed E-state index contributed by atoms with van der Waals surface area (Å²) in [5, 5.41) is 1.93. The second-order valence-corrected chi connectivity index (χ2v) is 15.2. The Morgan fingerprint density at radius 3 is 1.10 bits per heavy atom. The molecule has 2 heterocycles. The van der Waals surface area contributed by atoms with Gasteiger partial charge in [0.15, 0.2) is 17.5 Å². The molecule has 4 heteroatoms. The monoisotopic (exact) mass is 779 g/mol. The highest BCUT2D eigenvalue weighted by Gasteiger charge is 2.24. The molecule has 0 radical (unpaired) electrons. The van der Waals surface area contributed by atoms with E-state index < -0.39 is 0 Å². The summed E-state index contributed by atoms with van der Waals surface area (Å²) in [6, 6.07) is 78.2. The summed E-state index contributed by atoms with van der Waals surface area (Å²) >= 11 is 0. The summed E-state index contributed by atoms with van der Waals surface area (Å²) in [6.07, 6.45) is 0. The molecule has 0 aliphatic rings. The molecule has 0 saturated heterocycles. The molecule has 4 nitrogen and oxygen atoms in total. The Balaban J connectivity index is 1.25. The van der Waals surface area contributed by atoms with Gasteiger partial charge in [-0.2, -0.15) is 0 Å². The molecule has 0 unspecified atom stereocenters. The summed E-state index contributed by atoms with van der Waals surface area (Å²) in [5.74, 6) is 1.78. The highest BCUT2D eigenvalue weighted by atomic mass is 16.3. The van der Waals surface area contributed by atoms with Crippen molar-refractivity contribution in [3.63, 3.8) is 0 Å². The summed E-state index contributed by atoms with van der Waals surface area (Å²) in [5.41, 5.74) is 15.1. The molecule has 11 rings (SSSR count). The molecule has 61 heavy (non-hydrogen) atoms. The van der Waals surface area contributed by atoms with Gasteiger partial charge >= 0.3 is 0 Å². The Hall–Kier alpha value is -8.21. The van der Waals surface area contributed by atoms with Crippen molar-refractivity contribution >= 4 is 21.9 Å². The SMILES string of the molecule is c1ccc(-c2cc(-c3ccccc3)cc(-c3ccc(-c4nc(-c5ccccc5)nc(-c5ccccc5)n4)c4c3oc3c(-c5ccccc5)cc(-c5ccccc5)cc34)c2)cc1. The first kappa shape index (κ1) is 35.9. The van der Waals surface area contributed by atoms with Gasteiger partial charge in [-0.3, -0.25) is 0 Å². The number of nitrogens with zero attached hydrogens (tertiary/aromatic N) is 3. The molecule has 0 amide bonds. The second kappa shape index (κ2) is 15.5. The Morgan fingerprint density at radius 2 is 0.623 bits per heavy atom. The van der Waals surface area contributed by atoms with E-state index in [2.05, 4.69) is 164 Å². The Bertz CT molecular complexity index is 3200. The maximum Gasteiger partial charge on any atom is 0.164 e. The number of fused-ring (bicyclic) bond motifs is 3. The molecule has 0 fully saturated rings. The van der Waals surface area contributed by atoms with Crippen LogP contribution in [0.4, 0.5) is 0 Å². The fraction of sp³-hybridized carbons (Fsp3) is 0. The Morgan fingerprint density at radius 1 is 0.246 bits per heavy atom. The van der Waals surface area contributed by atoms with Crippen molar-refractivity contribution in [1.82, 2.24) is 15.0 Å². The predicted molar refractivity (Wildman–Crippen MR) is 251 cm³/mol. The van der Waals surface area contributed by atoms with Crippen molar-refractivity contribution in [1.29, 1.82) is 0 Å². The quantitative estimate of drug-likeness (QED) is 0.154. The standard InChI is InChI=1S/C57H37N3O/c1-7-19-38(20-8-1)44-33-45(39-21-9-2-10-22-39)35-47(34-44)48-31-32-49(57-59-55(42-27-15-5-16-28-42)58-56(60-57)43-29-17-6-18-30-43)52-51-37-46(40-23-11-3-12-24-40)36-50(53(51)61-54(48)52)41-25-13-4-14-26-41/h1-37H. The zero-order valence-corrected chi connectivity index (χ0v) is 33.1. The van der Waals surface area contributed by atoms with E-state index in [9.17, 15) is 0 Å². The minimum atomic E-state index is 0.571. The second-order valence-electron chi connectivity index (χ2n) is 15.2. The molecule has 11 aromatic rings. The van der Waals surface area contributed by atoms with Crippen LogP contribution in [0.1, 0.15) is 0 Å². The maximum absolute atomic E-state index is 7.33. The smallest absolute Gasteiger partial charge is 0.164 e. The summed E-state index contributed by atoms with van der Waals surface area (Å²) < 4.78 is 7.33. The van der Waals surface area contributed by atoms with Gasteiger partial charge in [-0.15, -0.1) is 0 Å². The van der Waals surface area contributed by atoms with E-state index in [-0.39, 0.29) is 0 Å². The first-order chi connectivity index (χ1) is 30.2. The van der Waals surface area contributed by atoms with E-state index in [1.165, 1.54) is 0 Å². The zero-order valence-electron chi connectivity index (χ0n) is 33.1. The van der Waals surface area contributed by atoms with E-state index in [1.807, 2.05) is 60.7 Å². The van der Waals surface area contributed by atoms with Crippen LogP contribution in [0.15, 0.2) is 229 Å². The van der Waals surface area contributed by atoms with Gasteiger partial charge in [0, 0.05) is 38.6 Å². The maximum atomic E-state index is 7.33. The van der Waals surface area contributed by atoms with Crippen LogP contribution in [0.3, 0.4) is 0 Å². The molecule has 0 saturated carbocycles. The number of benzene rings is 9. The molecule has 0 aliphatic heterocycles. The Kier molecular flexibility index (Phi) is 9.14. The first-order valence-corrected chi connectivity index (χ1v) is 20.5. The van der Waals surface area contributed by atoms with Crippen molar-refractivity contribution in [3.8, 4) is 89.8 Å². The van der Waals surface area contributed by atoms with Crippen LogP contribution >= 0.6 is 0 Å². The van der Waals surface area contributed by atoms with Gasteiger partial charge in [0.25, 0.3) is 0 Å². The van der Waals surface area contributed by atoms with Gasteiger partial charge in [0.05, 0.1) is 0 Å². The van der Waals surface area contributed by atoms with Crippen LogP contribution in [0.5, 0.6) is 0 Å². The lowest BCUT2D eigenvalue weighted by Crippen LogP contribution is -2.00. The molecule has 0 spiro atoms. The molecule has 0 aliphatic carbocycles. The molecular formula is C57H37N3O. The lowest BCUT2D eigenvalue weighted by molar-refractivity contribution is 0.671. The molecule has 2 aromatic heterocycles. The van der Waals surface area contributed by atoms with E-state index in [4.69, 9.17) is 19.4 Å². The molecular weight excluding hydrogens is 743 g/mol. The lowest BCUT2D eigenvalue weighted by atomic mass is 9.91. The highest BCUT2D eigenvalue weighted by molar-refractivity contribution is 6.19. The third kappa shape index (κ3) is 6.86.